The van der Waals surface area contributed by atoms with Gasteiger partial charge in [-0.3, -0.25) is 4.79 Å². The van der Waals surface area contributed by atoms with Gasteiger partial charge in [-0.05, 0) is 30.3 Å². The maximum Gasteiger partial charge on any atom is 0.193 e. The summed E-state index contributed by atoms with van der Waals surface area (Å²) in [6, 6.07) is 13.4. The lowest BCUT2D eigenvalue weighted by Gasteiger charge is -2.03. The van der Waals surface area contributed by atoms with Crippen LogP contribution in [-0.2, 0) is 0 Å². The molecule has 3 nitrogen and oxygen atoms in total. The molecule has 1 heterocycles. The second kappa shape index (κ2) is 4.55. The Morgan fingerprint density at radius 2 is 1.74 bits per heavy atom. The minimum absolute atomic E-state index is 0.0520. The van der Waals surface area contributed by atoms with Gasteiger partial charge in [-0.1, -0.05) is 28.1 Å². The second-order valence-electron chi connectivity index (χ2n) is 4.16. The third kappa shape index (κ3) is 2.27. The SMILES string of the molecule is O=c1cc(-c2ccc(Br)cc2)oc2ccc(O)cc12. The van der Waals surface area contributed by atoms with Crippen molar-refractivity contribution in [3.8, 4) is 17.1 Å². The Hall–Kier alpha value is -2.07. The van der Waals surface area contributed by atoms with Crippen LogP contribution in [0.2, 0.25) is 0 Å². The van der Waals surface area contributed by atoms with Crippen LogP contribution < -0.4 is 5.43 Å². The van der Waals surface area contributed by atoms with Gasteiger partial charge >= 0.3 is 0 Å². The average molecular weight is 317 g/mol. The highest BCUT2D eigenvalue weighted by atomic mass is 79.9. The van der Waals surface area contributed by atoms with Gasteiger partial charge in [-0.25, -0.2) is 0 Å². The first-order valence-corrected chi connectivity index (χ1v) is 6.45. The van der Waals surface area contributed by atoms with E-state index in [1.165, 1.54) is 18.2 Å². The number of fused-ring (bicyclic) bond motifs is 1. The molecule has 0 aliphatic heterocycles. The zero-order valence-electron chi connectivity index (χ0n) is 9.76. The summed E-state index contributed by atoms with van der Waals surface area (Å²) in [4.78, 5) is 12.0. The first-order valence-electron chi connectivity index (χ1n) is 5.66. The van der Waals surface area contributed by atoms with E-state index in [0.29, 0.717) is 16.7 Å². The Bertz CT molecular complexity index is 804. The Morgan fingerprint density at radius 1 is 1.00 bits per heavy atom. The molecular weight excluding hydrogens is 308 g/mol. The molecule has 1 N–H and O–H groups in total. The summed E-state index contributed by atoms with van der Waals surface area (Å²) in [5, 5.41) is 9.76. The number of phenols is 1. The van der Waals surface area contributed by atoms with Crippen LogP contribution in [0.15, 0.2) is 62.2 Å². The molecule has 1 aromatic heterocycles. The maximum atomic E-state index is 12.0. The molecule has 0 atom stereocenters. The average Bonchev–Trinajstić information content (AvgIpc) is 2.40. The molecule has 0 saturated carbocycles. The lowest BCUT2D eigenvalue weighted by molar-refractivity contribution is 0.475. The number of benzene rings is 2. The van der Waals surface area contributed by atoms with Crippen LogP contribution in [0.1, 0.15) is 0 Å². The molecule has 94 valence electrons. The van der Waals surface area contributed by atoms with Gasteiger partial charge in [-0.2, -0.15) is 0 Å². The van der Waals surface area contributed by atoms with Gasteiger partial charge in [0.05, 0.1) is 5.39 Å². The number of phenolic OH excluding ortho intramolecular Hbond substituents is 1. The van der Waals surface area contributed by atoms with E-state index in [1.807, 2.05) is 24.3 Å². The molecule has 0 fully saturated rings. The smallest absolute Gasteiger partial charge is 0.193 e. The quantitative estimate of drug-likeness (QED) is 0.740. The van der Waals surface area contributed by atoms with Gasteiger partial charge < -0.3 is 9.52 Å². The van der Waals surface area contributed by atoms with Crippen LogP contribution in [-0.4, -0.2) is 5.11 Å². The van der Waals surface area contributed by atoms with E-state index in [2.05, 4.69) is 15.9 Å². The van der Waals surface area contributed by atoms with Gasteiger partial charge in [0.15, 0.2) is 5.43 Å². The Labute approximate surface area is 117 Å². The second-order valence-corrected chi connectivity index (χ2v) is 5.08. The van der Waals surface area contributed by atoms with Crippen molar-refractivity contribution in [3.63, 3.8) is 0 Å². The molecule has 0 bridgehead atoms. The number of aromatic hydroxyl groups is 1. The molecule has 3 rings (SSSR count). The van der Waals surface area contributed by atoms with Crippen molar-refractivity contribution in [2.24, 2.45) is 0 Å². The fraction of sp³-hybridized carbons (Fsp3) is 0. The molecule has 0 saturated heterocycles. The molecule has 0 amide bonds. The van der Waals surface area contributed by atoms with E-state index in [4.69, 9.17) is 4.42 Å². The number of hydrogen-bond acceptors (Lipinski definition) is 3. The predicted octanol–water partition coefficient (Wildman–Crippen LogP) is 3.93. The van der Waals surface area contributed by atoms with E-state index in [-0.39, 0.29) is 11.2 Å². The van der Waals surface area contributed by atoms with E-state index >= 15 is 0 Å². The van der Waals surface area contributed by atoms with Crippen LogP contribution >= 0.6 is 15.9 Å². The van der Waals surface area contributed by atoms with E-state index in [1.54, 1.807) is 6.07 Å². The monoisotopic (exact) mass is 316 g/mol. The highest BCUT2D eigenvalue weighted by molar-refractivity contribution is 9.10. The largest absolute Gasteiger partial charge is 0.508 e. The number of hydrogen-bond donors (Lipinski definition) is 1. The van der Waals surface area contributed by atoms with E-state index in [9.17, 15) is 9.90 Å². The summed E-state index contributed by atoms with van der Waals surface area (Å²) < 4.78 is 6.66. The third-order valence-electron chi connectivity index (χ3n) is 2.84. The lowest BCUT2D eigenvalue weighted by Crippen LogP contribution is -1.99. The molecular formula is C15H9BrO3. The van der Waals surface area contributed by atoms with Crippen molar-refractivity contribution in [2.45, 2.75) is 0 Å². The zero-order valence-corrected chi connectivity index (χ0v) is 11.3. The molecule has 0 aliphatic rings. The van der Waals surface area contributed by atoms with Gasteiger partial charge in [0, 0.05) is 16.1 Å². The van der Waals surface area contributed by atoms with E-state index < -0.39 is 0 Å². The summed E-state index contributed by atoms with van der Waals surface area (Å²) in [6.45, 7) is 0. The van der Waals surface area contributed by atoms with Gasteiger partial charge in [0.2, 0.25) is 0 Å². The van der Waals surface area contributed by atoms with Crippen molar-refractivity contribution in [1.82, 2.24) is 0 Å². The summed E-state index contributed by atoms with van der Waals surface area (Å²) in [5.74, 6) is 0.562. The summed E-state index contributed by atoms with van der Waals surface area (Å²) >= 11 is 3.36. The van der Waals surface area contributed by atoms with Gasteiger partial charge in [-0.15, -0.1) is 0 Å². The molecule has 3 aromatic rings. The van der Waals surface area contributed by atoms with Crippen LogP contribution in [0.25, 0.3) is 22.3 Å². The van der Waals surface area contributed by atoms with Crippen LogP contribution in [0.3, 0.4) is 0 Å². The Morgan fingerprint density at radius 3 is 2.47 bits per heavy atom. The molecule has 4 heteroatoms. The van der Waals surface area contributed by atoms with E-state index in [0.717, 1.165) is 10.0 Å². The predicted molar refractivity (Wildman–Crippen MR) is 77.3 cm³/mol. The van der Waals surface area contributed by atoms with Crippen molar-refractivity contribution in [3.05, 3.63) is 63.2 Å². The fourth-order valence-corrected chi connectivity index (χ4v) is 2.17. The standard InChI is InChI=1S/C15H9BrO3/c16-10-3-1-9(2-4-10)15-8-13(18)12-7-11(17)5-6-14(12)19-15/h1-8,17H. The van der Waals surface area contributed by atoms with Crippen molar-refractivity contribution in [2.75, 3.05) is 0 Å². The van der Waals surface area contributed by atoms with Crippen LogP contribution in [0.4, 0.5) is 0 Å². The van der Waals surface area contributed by atoms with Crippen molar-refractivity contribution >= 4 is 26.9 Å². The number of rotatable bonds is 1. The topological polar surface area (TPSA) is 50.4 Å². The van der Waals surface area contributed by atoms with Crippen molar-refractivity contribution < 1.29 is 9.52 Å². The van der Waals surface area contributed by atoms with Crippen LogP contribution in [0, 0.1) is 0 Å². The zero-order chi connectivity index (χ0) is 13.4. The Balaban J connectivity index is 2.24. The minimum Gasteiger partial charge on any atom is -0.508 e. The molecule has 0 unspecified atom stereocenters. The van der Waals surface area contributed by atoms with Crippen molar-refractivity contribution in [1.29, 1.82) is 0 Å². The molecule has 19 heavy (non-hydrogen) atoms. The van der Waals surface area contributed by atoms with Crippen LogP contribution in [0.5, 0.6) is 5.75 Å². The summed E-state index contributed by atoms with van der Waals surface area (Å²) in [6.07, 6.45) is 0. The first kappa shape index (κ1) is 12.0. The molecule has 0 spiro atoms. The molecule has 2 aromatic carbocycles. The van der Waals surface area contributed by atoms with Gasteiger partial charge in [0.1, 0.15) is 17.1 Å². The first-order chi connectivity index (χ1) is 9.13. The highest BCUT2D eigenvalue weighted by Gasteiger charge is 2.07. The third-order valence-corrected chi connectivity index (χ3v) is 3.37. The summed E-state index contributed by atoms with van der Waals surface area (Å²) in [5.41, 5.74) is 1.12. The maximum absolute atomic E-state index is 12.0. The number of halogens is 1. The minimum atomic E-state index is -0.171. The summed E-state index contributed by atoms with van der Waals surface area (Å²) in [7, 11) is 0. The van der Waals surface area contributed by atoms with Gasteiger partial charge in [0.25, 0.3) is 0 Å². The molecule has 0 radical (unpaired) electrons. The Kier molecular flexibility index (Phi) is 2.87. The lowest BCUT2D eigenvalue weighted by atomic mass is 10.1. The fourth-order valence-electron chi connectivity index (χ4n) is 1.90. The normalized spacial score (nSPS) is 10.8. The highest BCUT2D eigenvalue weighted by Crippen LogP contribution is 2.25. The molecule has 0 aliphatic carbocycles.